The number of anilines is 1. The number of amides is 2. The Bertz CT molecular complexity index is 781. The van der Waals surface area contributed by atoms with E-state index in [0.717, 1.165) is 4.90 Å². The predicted octanol–water partition coefficient (Wildman–Crippen LogP) is 2.57. The lowest BCUT2D eigenvalue weighted by Gasteiger charge is -2.14. The molecule has 0 unspecified atom stereocenters. The molecule has 1 saturated heterocycles. The molecular weight excluding hydrogens is 310 g/mol. The van der Waals surface area contributed by atoms with Gasteiger partial charge in [0.25, 0.3) is 0 Å². The molecule has 2 amide bonds. The third-order valence-corrected chi connectivity index (χ3v) is 3.68. The monoisotopic (exact) mass is 325 g/mol. The quantitative estimate of drug-likeness (QED) is 0.491. The molecule has 0 aromatic heterocycles. The van der Waals surface area contributed by atoms with Gasteiger partial charge in [-0.25, -0.2) is 4.79 Å². The van der Waals surface area contributed by atoms with Gasteiger partial charge in [-0.3, -0.25) is 14.5 Å². The minimum absolute atomic E-state index is 0.219. The molecule has 3 rings (SSSR count). The number of carbonyl (C=O) groups is 3. The number of para-hydroxylation sites is 2. The SMILES string of the molecule is COc1ccccc1OC(=O)c1ccc(N2C(=O)CCC2=O)cc1. The van der Waals surface area contributed by atoms with Gasteiger partial charge in [0.2, 0.25) is 11.8 Å². The molecule has 0 saturated carbocycles. The smallest absolute Gasteiger partial charge is 0.343 e. The lowest BCUT2D eigenvalue weighted by Crippen LogP contribution is -2.28. The van der Waals surface area contributed by atoms with Gasteiger partial charge in [0.15, 0.2) is 11.5 Å². The van der Waals surface area contributed by atoms with E-state index in [1.165, 1.54) is 19.2 Å². The molecule has 6 nitrogen and oxygen atoms in total. The van der Waals surface area contributed by atoms with E-state index in [2.05, 4.69) is 0 Å². The molecule has 0 aliphatic carbocycles. The molecule has 0 bridgehead atoms. The van der Waals surface area contributed by atoms with Crippen molar-refractivity contribution in [2.24, 2.45) is 0 Å². The number of benzene rings is 2. The van der Waals surface area contributed by atoms with Gasteiger partial charge in [-0.05, 0) is 36.4 Å². The first-order valence-electron chi connectivity index (χ1n) is 7.41. The van der Waals surface area contributed by atoms with Crippen molar-refractivity contribution in [1.29, 1.82) is 0 Å². The fourth-order valence-corrected chi connectivity index (χ4v) is 2.47. The van der Waals surface area contributed by atoms with Crippen LogP contribution >= 0.6 is 0 Å². The fraction of sp³-hybridized carbons (Fsp3) is 0.167. The van der Waals surface area contributed by atoms with Crippen LogP contribution in [0.15, 0.2) is 48.5 Å². The second kappa shape index (κ2) is 6.54. The lowest BCUT2D eigenvalue weighted by atomic mass is 10.2. The van der Waals surface area contributed by atoms with Crippen LogP contribution in [0.1, 0.15) is 23.2 Å². The van der Waals surface area contributed by atoms with Crippen molar-refractivity contribution in [3.63, 3.8) is 0 Å². The number of esters is 1. The maximum Gasteiger partial charge on any atom is 0.343 e. The van der Waals surface area contributed by atoms with Crippen molar-refractivity contribution in [1.82, 2.24) is 0 Å². The summed E-state index contributed by atoms with van der Waals surface area (Å²) in [5, 5.41) is 0. The van der Waals surface area contributed by atoms with Crippen LogP contribution in [-0.2, 0) is 9.59 Å². The normalized spacial score (nSPS) is 14.0. The highest BCUT2D eigenvalue weighted by molar-refractivity contribution is 6.19. The van der Waals surface area contributed by atoms with Gasteiger partial charge in [-0.15, -0.1) is 0 Å². The Balaban J connectivity index is 1.77. The number of methoxy groups -OCH3 is 1. The topological polar surface area (TPSA) is 72.9 Å². The van der Waals surface area contributed by atoms with Crippen molar-refractivity contribution in [2.45, 2.75) is 12.8 Å². The molecule has 6 heteroatoms. The van der Waals surface area contributed by atoms with E-state index in [-0.39, 0.29) is 24.7 Å². The Labute approximate surface area is 138 Å². The van der Waals surface area contributed by atoms with Gasteiger partial charge in [-0.1, -0.05) is 12.1 Å². The summed E-state index contributed by atoms with van der Waals surface area (Å²) in [6.07, 6.45) is 0.437. The second-order valence-corrected chi connectivity index (χ2v) is 5.21. The predicted molar refractivity (Wildman–Crippen MR) is 86.1 cm³/mol. The summed E-state index contributed by atoms with van der Waals surface area (Å²) < 4.78 is 10.5. The largest absolute Gasteiger partial charge is 0.493 e. The van der Waals surface area contributed by atoms with E-state index < -0.39 is 5.97 Å². The molecule has 0 N–H and O–H groups in total. The Morgan fingerprint density at radius 1 is 0.917 bits per heavy atom. The molecule has 0 spiro atoms. The standard InChI is InChI=1S/C18H15NO5/c1-23-14-4-2-3-5-15(14)24-18(22)12-6-8-13(9-7-12)19-16(20)10-11-17(19)21/h2-9H,10-11H2,1H3. The highest BCUT2D eigenvalue weighted by Crippen LogP contribution is 2.27. The van der Waals surface area contributed by atoms with Crippen LogP contribution in [-0.4, -0.2) is 24.9 Å². The van der Waals surface area contributed by atoms with Gasteiger partial charge >= 0.3 is 5.97 Å². The van der Waals surface area contributed by atoms with Gasteiger partial charge in [0, 0.05) is 12.8 Å². The summed E-state index contributed by atoms with van der Waals surface area (Å²) in [6.45, 7) is 0. The van der Waals surface area contributed by atoms with Crippen LogP contribution in [0.3, 0.4) is 0 Å². The van der Waals surface area contributed by atoms with Crippen LogP contribution < -0.4 is 14.4 Å². The maximum atomic E-state index is 12.2. The number of nitrogens with zero attached hydrogens (tertiary/aromatic N) is 1. The van der Waals surface area contributed by atoms with Gasteiger partial charge in [0.1, 0.15) is 0 Å². The minimum atomic E-state index is -0.551. The van der Waals surface area contributed by atoms with Crippen molar-refractivity contribution < 1.29 is 23.9 Å². The van der Waals surface area contributed by atoms with Crippen molar-refractivity contribution in [2.75, 3.05) is 12.0 Å². The van der Waals surface area contributed by atoms with Crippen molar-refractivity contribution >= 4 is 23.5 Å². The van der Waals surface area contributed by atoms with Crippen LogP contribution in [0.4, 0.5) is 5.69 Å². The zero-order valence-corrected chi connectivity index (χ0v) is 13.0. The van der Waals surface area contributed by atoms with E-state index in [1.807, 2.05) is 0 Å². The Morgan fingerprint density at radius 3 is 2.08 bits per heavy atom. The van der Waals surface area contributed by atoms with Crippen molar-refractivity contribution in [3.05, 3.63) is 54.1 Å². The summed E-state index contributed by atoms with van der Waals surface area (Å²) in [4.78, 5) is 36.8. The van der Waals surface area contributed by atoms with Gasteiger partial charge in [-0.2, -0.15) is 0 Å². The average molecular weight is 325 g/mol. The summed E-state index contributed by atoms with van der Waals surface area (Å²) in [5.74, 6) is -0.242. The van der Waals surface area contributed by atoms with E-state index in [4.69, 9.17) is 9.47 Å². The molecule has 1 aliphatic heterocycles. The number of carbonyl (C=O) groups excluding carboxylic acids is 3. The summed E-state index contributed by atoms with van der Waals surface area (Å²) >= 11 is 0. The third-order valence-electron chi connectivity index (χ3n) is 3.68. The minimum Gasteiger partial charge on any atom is -0.493 e. The van der Waals surface area contributed by atoms with E-state index in [9.17, 15) is 14.4 Å². The van der Waals surface area contributed by atoms with Crippen LogP contribution in [0.25, 0.3) is 0 Å². The molecule has 0 atom stereocenters. The zero-order chi connectivity index (χ0) is 17.1. The zero-order valence-electron chi connectivity index (χ0n) is 13.0. The molecular formula is C18H15NO5. The Hall–Kier alpha value is -3.15. The van der Waals surface area contributed by atoms with E-state index in [0.29, 0.717) is 22.7 Å². The summed E-state index contributed by atoms with van der Waals surface area (Å²) in [6, 6.07) is 13.0. The number of rotatable bonds is 4. The molecule has 0 radical (unpaired) electrons. The fourth-order valence-electron chi connectivity index (χ4n) is 2.47. The maximum absolute atomic E-state index is 12.2. The molecule has 122 valence electrons. The molecule has 1 fully saturated rings. The van der Waals surface area contributed by atoms with Crippen LogP contribution in [0.2, 0.25) is 0 Å². The Kier molecular flexibility index (Phi) is 4.29. The second-order valence-electron chi connectivity index (χ2n) is 5.21. The average Bonchev–Trinajstić information content (AvgIpc) is 2.94. The molecule has 2 aromatic rings. The molecule has 1 heterocycles. The van der Waals surface area contributed by atoms with Crippen LogP contribution in [0, 0.1) is 0 Å². The van der Waals surface area contributed by atoms with Crippen molar-refractivity contribution in [3.8, 4) is 11.5 Å². The Morgan fingerprint density at radius 2 is 1.50 bits per heavy atom. The first kappa shape index (κ1) is 15.7. The number of ether oxygens (including phenoxy) is 2. The van der Waals surface area contributed by atoms with E-state index >= 15 is 0 Å². The van der Waals surface area contributed by atoms with Gasteiger partial charge in [0.05, 0.1) is 18.4 Å². The highest BCUT2D eigenvalue weighted by atomic mass is 16.6. The third kappa shape index (κ3) is 2.99. The van der Waals surface area contributed by atoms with E-state index in [1.54, 1.807) is 36.4 Å². The summed E-state index contributed by atoms with van der Waals surface area (Å²) in [5.41, 5.74) is 0.764. The number of hydrogen-bond donors (Lipinski definition) is 0. The lowest BCUT2D eigenvalue weighted by molar-refractivity contribution is -0.121. The highest BCUT2D eigenvalue weighted by Gasteiger charge is 2.30. The first-order valence-corrected chi connectivity index (χ1v) is 7.41. The summed E-state index contributed by atoms with van der Waals surface area (Å²) in [7, 11) is 1.49. The van der Waals surface area contributed by atoms with Crippen LogP contribution in [0.5, 0.6) is 11.5 Å². The number of imide groups is 1. The molecule has 24 heavy (non-hydrogen) atoms. The molecule has 2 aromatic carbocycles. The molecule has 1 aliphatic rings. The van der Waals surface area contributed by atoms with Gasteiger partial charge < -0.3 is 9.47 Å². The first-order chi connectivity index (χ1) is 11.6. The number of hydrogen-bond acceptors (Lipinski definition) is 5.